The summed E-state index contributed by atoms with van der Waals surface area (Å²) in [6.07, 6.45) is 0.244. The van der Waals surface area contributed by atoms with E-state index in [-0.39, 0.29) is 18.9 Å². The summed E-state index contributed by atoms with van der Waals surface area (Å²) in [4.78, 5) is 24.3. The Morgan fingerprint density at radius 1 is 1.32 bits per heavy atom. The fourth-order valence-corrected chi connectivity index (χ4v) is 2.21. The molecule has 1 atom stereocenters. The van der Waals surface area contributed by atoms with Gasteiger partial charge in [0.25, 0.3) is 0 Å². The molecule has 0 bridgehead atoms. The Kier molecular flexibility index (Phi) is 5.63. The molecule has 1 unspecified atom stereocenters. The molecule has 0 radical (unpaired) electrons. The second-order valence-electron chi connectivity index (χ2n) is 4.17. The summed E-state index contributed by atoms with van der Waals surface area (Å²) >= 11 is 12.1. The molecule has 0 aliphatic rings. The molecule has 104 valence electrons. The smallest absolute Gasteiger partial charge is 0.308 e. The number of anilines is 1. The third-order valence-corrected chi connectivity index (χ3v) is 3.30. The number of rotatable bonds is 5. The minimum atomic E-state index is -0.975. The molecule has 1 amide bonds. The number of hydrogen-bond donors (Lipinski definition) is 1. The van der Waals surface area contributed by atoms with Gasteiger partial charge in [-0.15, -0.1) is 0 Å². The van der Waals surface area contributed by atoms with Gasteiger partial charge in [-0.05, 0) is 12.1 Å². The molecule has 19 heavy (non-hydrogen) atoms. The van der Waals surface area contributed by atoms with Gasteiger partial charge in [0, 0.05) is 13.0 Å². The van der Waals surface area contributed by atoms with Crippen molar-refractivity contribution in [2.45, 2.75) is 20.3 Å². The molecule has 1 N–H and O–H groups in total. The van der Waals surface area contributed by atoms with Crippen molar-refractivity contribution < 1.29 is 14.7 Å². The number of nitrogens with zero attached hydrogens (tertiary/aromatic N) is 1. The molecule has 6 heteroatoms. The Morgan fingerprint density at radius 2 is 1.84 bits per heavy atom. The van der Waals surface area contributed by atoms with E-state index in [0.29, 0.717) is 15.7 Å². The lowest BCUT2D eigenvalue weighted by atomic mass is 10.1. The molecule has 1 aromatic rings. The number of benzene rings is 1. The lowest BCUT2D eigenvalue weighted by molar-refractivity contribution is -0.140. The number of aliphatic carboxylic acids is 1. The van der Waals surface area contributed by atoms with Gasteiger partial charge in [-0.1, -0.05) is 43.1 Å². The maximum Gasteiger partial charge on any atom is 0.308 e. The van der Waals surface area contributed by atoms with Gasteiger partial charge in [-0.2, -0.15) is 0 Å². The van der Waals surface area contributed by atoms with Crippen molar-refractivity contribution in [3.05, 3.63) is 28.2 Å². The predicted octanol–water partition coefficient (Wildman–Crippen LogP) is 3.46. The topological polar surface area (TPSA) is 57.6 Å². The third kappa shape index (κ3) is 3.85. The number of carbonyl (C=O) groups excluding carboxylic acids is 1. The first-order valence-corrected chi connectivity index (χ1v) is 6.61. The van der Waals surface area contributed by atoms with E-state index in [1.165, 1.54) is 11.8 Å². The van der Waals surface area contributed by atoms with Crippen LogP contribution < -0.4 is 4.90 Å². The van der Waals surface area contributed by atoms with E-state index in [0.717, 1.165) is 0 Å². The fraction of sp³-hybridized carbons (Fsp3) is 0.385. The number of carbonyl (C=O) groups is 2. The first-order valence-electron chi connectivity index (χ1n) is 5.85. The van der Waals surface area contributed by atoms with Crippen LogP contribution in [0.2, 0.25) is 10.0 Å². The van der Waals surface area contributed by atoms with Crippen molar-refractivity contribution in [2.75, 3.05) is 11.4 Å². The summed E-state index contributed by atoms with van der Waals surface area (Å²) in [6.45, 7) is 3.26. The van der Waals surface area contributed by atoms with Crippen LogP contribution in [0.15, 0.2) is 18.2 Å². The summed E-state index contributed by atoms with van der Waals surface area (Å²) in [6, 6.07) is 4.90. The highest BCUT2D eigenvalue weighted by Gasteiger charge is 2.24. The Morgan fingerprint density at radius 3 is 2.26 bits per heavy atom. The van der Waals surface area contributed by atoms with E-state index in [1.54, 1.807) is 25.1 Å². The van der Waals surface area contributed by atoms with Crippen LogP contribution in [-0.2, 0) is 9.59 Å². The normalized spacial score (nSPS) is 12.0. The molecule has 0 heterocycles. The van der Waals surface area contributed by atoms with Crippen molar-refractivity contribution in [3.8, 4) is 0 Å². The van der Waals surface area contributed by atoms with Gasteiger partial charge in [-0.3, -0.25) is 9.59 Å². The van der Waals surface area contributed by atoms with Crippen LogP contribution in [0.3, 0.4) is 0 Å². The number of halogens is 2. The van der Waals surface area contributed by atoms with Crippen molar-refractivity contribution in [1.82, 2.24) is 0 Å². The molecule has 4 nitrogen and oxygen atoms in total. The number of para-hydroxylation sites is 1. The van der Waals surface area contributed by atoms with Gasteiger partial charge in [0.05, 0.1) is 21.7 Å². The molecule has 0 saturated carbocycles. The number of amides is 1. The Hall–Kier alpha value is -1.26. The molecule has 0 spiro atoms. The van der Waals surface area contributed by atoms with Gasteiger partial charge in [0.15, 0.2) is 0 Å². The largest absolute Gasteiger partial charge is 0.481 e. The van der Waals surface area contributed by atoms with Crippen molar-refractivity contribution in [1.29, 1.82) is 0 Å². The predicted molar refractivity (Wildman–Crippen MR) is 75.9 cm³/mol. The second-order valence-corrected chi connectivity index (χ2v) is 4.98. The van der Waals surface area contributed by atoms with Gasteiger partial charge in [0.1, 0.15) is 0 Å². The summed E-state index contributed by atoms with van der Waals surface area (Å²) in [5.74, 6) is -1.90. The van der Waals surface area contributed by atoms with Crippen LogP contribution in [-0.4, -0.2) is 23.5 Å². The molecule has 0 fully saturated rings. The third-order valence-electron chi connectivity index (χ3n) is 2.69. The summed E-state index contributed by atoms with van der Waals surface area (Å²) in [5, 5.41) is 9.62. The number of carboxylic acids is 1. The van der Waals surface area contributed by atoms with Gasteiger partial charge < -0.3 is 10.0 Å². The Balaban J connectivity index is 3.17. The Bertz CT molecular complexity index is 471. The molecule has 1 aromatic carbocycles. The first-order chi connectivity index (χ1) is 8.88. The van der Waals surface area contributed by atoms with E-state index in [1.807, 2.05) is 0 Å². The highest BCUT2D eigenvalue weighted by molar-refractivity contribution is 6.39. The number of carboxylic acid groups (broad SMARTS) is 1. The van der Waals surface area contributed by atoms with Crippen LogP contribution in [0.4, 0.5) is 5.69 Å². The van der Waals surface area contributed by atoms with E-state index in [2.05, 4.69) is 0 Å². The monoisotopic (exact) mass is 303 g/mol. The highest BCUT2D eigenvalue weighted by Crippen LogP contribution is 2.34. The zero-order valence-corrected chi connectivity index (χ0v) is 12.2. The molecule has 0 aromatic heterocycles. The number of hydrogen-bond acceptors (Lipinski definition) is 2. The molecule has 1 rings (SSSR count). The minimum absolute atomic E-state index is 0.0332. The lowest BCUT2D eigenvalue weighted by Crippen LogP contribution is -2.37. The van der Waals surface area contributed by atoms with E-state index >= 15 is 0 Å². The van der Waals surface area contributed by atoms with Crippen LogP contribution in [0.25, 0.3) is 0 Å². The molecular formula is C13H15Cl2NO3. The molecule has 0 aliphatic carbocycles. The van der Waals surface area contributed by atoms with Crippen molar-refractivity contribution in [3.63, 3.8) is 0 Å². The molecular weight excluding hydrogens is 289 g/mol. The maximum atomic E-state index is 12.0. The summed E-state index contributed by atoms with van der Waals surface area (Å²) in [7, 11) is 0. The lowest BCUT2D eigenvalue weighted by Gasteiger charge is -2.26. The van der Waals surface area contributed by atoms with Crippen LogP contribution in [0, 0.1) is 5.92 Å². The zero-order valence-electron chi connectivity index (χ0n) is 10.7. The average Bonchev–Trinajstić information content (AvgIpc) is 2.35. The van der Waals surface area contributed by atoms with Gasteiger partial charge in [0.2, 0.25) is 5.91 Å². The SMILES string of the molecule is CCC(=O)N(CC(C)C(=O)O)c1c(Cl)cccc1Cl. The van der Waals surface area contributed by atoms with Crippen LogP contribution >= 0.6 is 23.2 Å². The first kappa shape index (κ1) is 15.8. The minimum Gasteiger partial charge on any atom is -0.481 e. The highest BCUT2D eigenvalue weighted by atomic mass is 35.5. The Labute approximate surface area is 121 Å². The van der Waals surface area contributed by atoms with Gasteiger partial charge in [-0.25, -0.2) is 0 Å². The quantitative estimate of drug-likeness (QED) is 0.906. The van der Waals surface area contributed by atoms with Crippen molar-refractivity contribution >= 4 is 40.8 Å². The van der Waals surface area contributed by atoms with Crippen LogP contribution in [0.5, 0.6) is 0 Å². The van der Waals surface area contributed by atoms with E-state index in [4.69, 9.17) is 28.3 Å². The zero-order chi connectivity index (χ0) is 14.6. The van der Waals surface area contributed by atoms with Crippen molar-refractivity contribution in [2.24, 2.45) is 5.92 Å². The van der Waals surface area contributed by atoms with Gasteiger partial charge >= 0.3 is 5.97 Å². The van der Waals surface area contributed by atoms with Crippen LogP contribution in [0.1, 0.15) is 20.3 Å². The maximum absolute atomic E-state index is 12.0. The second kappa shape index (κ2) is 6.78. The molecule has 0 saturated heterocycles. The van der Waals surface area contributed by atoms with E-state index in [9.17, 15) is 9.59 Å². The molecule has 0 aliphatic heterocycles. The average molecular weight is 304 g/mol. The fourth-order valence-electron chi connectivity index (χ4n) is 1.61. The summed E-state index contributed by atoms with van der Waals surface area (Å²) < 4.78 is 0. The van der Waals surface area contributed by atoms with E-state index < -0.39 is 11.9 Å². The standard InChI is InChI=1S/C13H15Cl2NO3/c1-3-11(17)16(7-8(2)13(18)19)12-9(14)5-4-6-10(12)15/h4-6,8H,3,7H2,1-2H3,(H,18,19). The summed E-state index contributed by atoms with van der Waals surface area (Å²) in [5.41, 5.74) is 0.366.